The van der Waals surface area contributed by atoms with Crippen molar-refractivity contribution < 1.29 is 0 Å². The number of aromatic nitrogens is 2. The van der Waals surface area contributed by atoms with Gasteiger partial charge in [-0.25, -0.2) is 4.98 Å². The van der Waals surface area contributed by atoms with Gasteiger partial charge in [-0.3, -0.25) is 4.90 Å². The topological polar surface area (TPSA) is 21.1 Å². The lowest BCUT2D eigenvalue weighted by atomic mass is 9.95. The highest BCUT2D eigenvalue weighted by Crippen LogP contribution is 2.27. The highest BCUT2D eigenvalue weighted by Gasteiger charge is 2.28. The number of hydrogen-bond acceptors (Lipinski definition) is 2. The molecule has 0 aliphatic carbocycles. The molecule has 2 atom stereocenters. The van der Waals surface area contributed by atoms with Crippen molar-refractivity contribution in [2.75, 3.05) is 13.1 Å². The lowest BCUT2D eigenvalue weighted by molar-refractivity contribution is 0.106. The molecule has 1 aromatic carbocycles. The molecular formula is C21H31N3. The Morgan fingerprint density at radius 2 is 2.04 bits per heavy atom. The first-order valence-corrected chi connectivity index (χ1v) is 9.59. The van der Waals surface area contributed by atoms with E-state index >= 15 is 0 Å². The van der Waals surface area contributed by atoms with E-state index < -0.39 is 0 Å². The summed E-state index contributed by atoms with van der Waals surface area (Å²) in [5.74, 6) is 1.22. The third-order valence-corrected chi connectivity index (χ3v) is 5.48. The van der Waals surface area contributed by atoms with Crippen LogP contribution in [0, 0.1) is 0 Å². The molecule has 3 heteroatoms. The zero-order valence-corrected chi connectivity index (χ0v) is 15.2. The maximum atomic E-state index is 4.52. The number of likely N-dealkylation sites (tertiary alicyclic amines) is 1. The lowest BCUT2D eigenvalue weighted by Gasteiger charge is -2.40. The minimum atomic E-state index is 0.513. The summed E-state index contributed by atoms with van der Waals surface area (Å²) in [5, 5.41) is 0. The second-order valence-corrected chi connectivity index (χ2v) is 7.03. The summed E-state index contributed by atoms with van der Waals surface area (Å²) in [7, 11) is 0. The first-order valence-electron chi connectivity index (χ1n) is 9.59. The zero-order chi connectivity index (χ0) is 16.8. The molecule has 0 N–H and O–H groups in total. The molecule has 1 aromatic heterocycles. The quantitative estimate of drug-likeness (QED) is 0.747. The van der Waals surface area contributed by atoms with E-state index in [1.165, 1.54) is 56.6 Å². The summed E-state index contributed by atoms with van der Waals surface area (Å²) in [5.41, 5.74) is 1.46. The molecule has 130 valence electrons. The summed E-state index contributed by atoms with van der Waals surface area (Å²) in [6, 6.07) is 12.0. The first-order chi connectivity index (χ1) is 11.8. The van der Waals surface area contributed by atoms with Crippen LogP contribution in [0.15, 0.2) is 42.7 Å². The molecule has 0 radical (unpaired) electrons. The summed E-state index contributed by atoms with van der Waals surface area (Å²) < 4.78 is 2.40. The fourth-order valence-electron chi connectivity index (χ4n) is 4.15. The number of hydrogen-bond donors (Lipinski definition) is 0. The van der Waals surface area contributed by atoms with Crippen LogP contribution in [0.5, 0.6) is 0 Å². The van der Waals surface area contributed by atoms with Crippen molar-refractivity contribution >= 4 is 0 Å². The van der Waals surface area contributed by atoms with Crippen molar-refractivity contribution in [2.45, 2.75) is 64.5 Å². The van der Waals surface area contributed by atoms with Gasteiger partial charge in [0.15, 0.2) is 0 Å². The Morgan fingerprint density at radius 3 is 2.83 bits per heavy atom. The van der Waals surface area contributed by atoms with Crippen molar-refractivity contribution in [1.82, 2.24) is 14.5 Å². The summed E-state index contributed by atoms with van der Waals surface area (Å²) in [6.07, 6.45) is 11.6. The van der Waals surface area contributed by atoms with Gasteiger partial charge in [0.05, 0.1) is 0 Å². The normalized spacial score (nSPS) is 20.2. The second-order valence-electron chi connectivity index (χ2n) is 7.03. The van der Waals surface area contributed by atoms with Crippen LogP contribution in [0.1, 0.15) is 57.0 Å². The molecule has 1 aliphatic rings. The van der Waals surface area contributed by atoms with Gasteiger partial charge in [0.25, 0.3) is 0 Å². The van der Waals surface area contributed by atoms with Crippen molar-refractivity contribution in [1.29, 1.82) is 0 Å². The maximum absolute atomic E-state index is 4.52. The number of rotatable bonds is 7. The number of aryl methyl sites for hydroxylation is 2. The molecule has 0 saturated carbocycles. The smallest absolute Gasteiger partial charge is 0.108 e. The molecule has 1 saturated heterocycles. The van der Waals surface area contributed by atoms with E-state index in [9.17, 15) is 0 Å². The van der Waals surface area contributed by atoms with Crippen LogP contribution in [0.4, 0.5) is 0 Å². The van der Waals surface area contributed by atoms with E-state index in [4.69, 9.17) is 0 Å². The largest absolute Gasteiger partial charge is 0.331 e. The number of piperidine rings is 1. The molecule has 1 aliphatic heterocycles. The summed E-state index contributed by atoms with van der Waals surface area (Å²) in [6.45, 7) is 7.03. The highest BCUT2D eigenvalue weighted by molar-refractivity contribution is 5.14. The number of nitrogens with zero attached hydrogens (tertiary/aromatic N) is 3. The van der Waals surface area contributed by atoms with Gasteiger partial charge >= 0.3 is 0 Å². The molecular weight excluding hydrogens is 294 g/mol. The maximum Gasteiger partial charge on any atom is 0.108 e. The monoisotopic (exact) mass is 325 g/mol. The Kier molecular flexibility index (Phi) is 6.08. The molecule has 1 fully saturated rings. The van der Waals surface area contributed by atoms with Crippen LogP contribution in [0.3, 0.4) is 0 Å². The van der Waals surface area contributed by atoms with E-state index in [1.807, 2.05) is 6.20 Å². The molecule has 2 heterocycles. The number of imidazole rings is 1. The van der Waals surface area contributed by atoms with Gasteiger partial charge in [-0.1, -0.05) is 43.7 Å². The van der Waals surface area contributed by atoms with Crippen molar-refractivity contribution in [3.8, 4) is 0 Å². The molecule has 0 spiro atoms. The summed E-state index contributed by atoms with van der Waals surface area (Å²) >= 11 is 0. The standard InChI is InChI=1S/C21H31N3/c1-3-21-22-14-17-24(21)18(2)20-13-7-8-15-23(20)16-9-12-19-10-5-4-6-11-19/h4-6,10-11,14,17-18,20H,3,7-9,12-13,15-16H2,1-2H3. The van der Waals surface area contributed by atoms with E-state index in [0.29, 0.717) is 12.1 Å². The van der Waals surface area contributed by atoms with Crippen molar-refractivity contribution in [3.05, 3.63) is 54.1 Å². The van der Waals surface area contributed by atoms with Gasteiger partial charge in [-0.2, -0.15) is 0 Å². The fraction of sp³-hybridized carbons (Fsp3) is 0.571. The number of benzene rings is 1. The van der Waals surface area contributed by atoms with Crippen LogP contribution in [-0.2, 0) is 12.8 Å². The van der Waals surface area contributed by atoms with E-state index in [1.54, 1.807) is 0 Å². The predicted molar refractivity (Wildman–Crippen MR) is 100 cm³/mol. The van der Waals surface area contributed by atoms with Gasteiger partial charge in [-0.15, -0.1) is 0 Å². The van der Waals surface area contributed by atoms with Crippen molar-refractivity contribution in [2.24, 2.45) is 0 Å². The van der Waals surface area contributed by atoms with Gasteiger partial charge < -0.3 is 4.57 Å². The van der Waals surface area contributed by atoms with Crippen LogP contribution in [0.25, 0.3) is 0 Å². The first kappa shape index (κ1) is 17.2. The van der Waals surface area contributed by atoms with E-state index in [-0.39, 0.29) is 0 Å². The zero-order valence-electron chi connectivity index (χ0n) is 15.2. The minimum absolute atomic E-state index is 0.513. The Balaban J connectivity index is 1.60. The molecule has 0 bridgehead atoms. The van der Waals surface area contributed by atoms with Gasteiger partial charge in [0, 0.05) is 30.9 Å². The lowest BCUT2D eigenvalue weighted by Crippen LogP contribution is -2.44. The predicted octanol–water partition coefficient (Wildman–Crippen LogP) is 4.49. The van der Waals surface area contributed by atoms with E-state index in [0.717, 1.165) is 6.42 Å². The molecule has 0 amide bonds. The average molecular weight is 325 g/mol. The molecule has 24 heavy (non-hydrogen) atoms. The molecule has 3 rings (SSSR count). The Bertz CT molecular complexity index is 605. The van der Waals surface area contributed by atoms with Gasteiger partial charge in [0.1, 0.15) is 5.82 Å². The third kappa shape index (κ3) is 4.07. The Hall–Kier alpha value is -1.61. The van der Waals surface area contributed by atoms with Crippen LogP contribution in [-0.4, -0.2) is 33.6 Å². The van der Waals surface area contributed by atoms with Gasteiger partial charge in [0.2, 0.25) is 0 Å². The van der Waals surface area contributed by atoms with Crippen LogP contribution >= 0.6 is 0 Å². The minimum Gasteiger partial charge on any atom is -0.331 e. The molecule has 2 aromatic rings. The molecule has 3 nitrogen and oxygen atoms in total. The SMILES string of the molecule is CCc1nccn1C(C)C1CCCCN1CCCc1ccccc1. The van der Waals surface area contributed by atoms with E-state index in [2.05, 4.69) is 64.8 Å². The van der Waals surface area contributed by atoms with Crippen LogP contribution in [0.2, 0.25) is 0 Å². The Morgan fingerprint density at radius 1 is 1.21 bits per heavy atom. The van der Waals surface area contributed by atoms with Crippen molar-refractivity contribution in [3.63, 3.8) is 0 Å². The average Bonchev–Trinajstić information content (AvgIpc) is 3.11. The summed E-state index contributed by atoms with van der Waals surface area (Å²) in [4.78, 5) is 7.25. The highest BCUT2D eigenvalue weighted by atomic mass is 15.2. The van der Waals surface area contributed by atoms with Crippen LogP contribution < -0.4 is 0 Å². The second kappa shape index (κ2) is 8.48. The fourth-order valence-corrected chi connectivity index (χ4v) is 4.15. The van der Waals surface area contributed by atoms with Gasteiger partial charge in [-0.05, 0) is 51.3 Å². The third-order valence-electron chi connectivity index (χ3n) is 5.48. The Labute approximate surface area is 146 Å². The molecule has 2 unspecified atom stereocenters.